The van der Waals surface area contributed by atoms with Gasteiger partial charge in [0, 0.05) is 37.1 Å². The van der Waals surface area contributed by atoms with Gasteiger partial charge in [-0.1, -0.05) is 23.2 Å². The average Bonchev–Trinajstić information content (AvgIpc) is 3.41. The largest absolute Gasteiger partial charge is 0.479 e. The molecule has 2 amide bonds. The molecule has 1 aliphatic carbocycles. The van der Waals surface area contributed by atoms with Gasteiger partial charge in [-0.2, -0.15) is 0 Å². The molecule has 1 aromatic rings. The Bertz CT molecular complexity index is 641. The van der Waals surface area contributed by atoms with Gasteiger partial charge in [0.05, 0.1) is 5.02 Å². The SMILES string of the molecule is C[C@@H](Oc1ccc(Cl)cc1Cl)C(=O)N1CCN(C(=O)C2CC2)CC1. The third-order valence-electron chi connectivity index (χ3n) is 4.38. The molecule has 0 aromatic heterocycles. The maximum atomic E-state index is 12.5. The molecule has 0 N–H and O–H groups in total. The van der Waals surface area contributed by atoms with Crippen molar-refractivity contribution in [2.24, 2.45) is 5.92 Å². The summed E-state index contributed by atoms with van der Waals surface area (Å²) in [6.07, 6.45) is 1.37. The van der Waals surface area contributed by atoms with Crippen molar-refractivity contribution in [3.8, 4) is 5.75 Å². The lowest BCUT2D eigenvalue weighted by atomic mass is 10.2. The van der Waals surface area contributed by atoms with E-state index >= 15 is 0 Å². The van der Waals surface area contributed by atoms with E-state index < -0.39 is 6.10 Å². The standard InChI is InChI=1S/C17H20Cl2N2O3/c1-11(24-15-5-4-13(18)10-14(15)19)16(22)20-6-8-21(9-7-20)17(23)12-2-3-12/h4-5,10-12H,2-3,6-9H2,1H3/t11-/m1/s1. The van der Waals surface area contributed by atoms with Crippen molar-refractivity contribution in [1.29, 1.82) is 0 Å². The topological polar surface area (TPSA) is 49.9 Å². The first kappa shape index (κ1) is 17.4. The molecule has 7 heteroatoms. The van der Waals surface area contributed by atoms with Crippen LogP contribution >= 0.6 is 23.2 Å². The zero-order valence-electron chi connectivity index (χ0n) is 13.5. The lowest BCUT2D eigenvalue weighted by molar-refractivity contribution is -0.144. The Morgan fingerprint density at radius 1 is 1.12 bits per heavy atom. The quantitative estimate of drug-likeness (QED) is 0.818. The molecule has 24 heavy (non-hydrogen) atoms. The smallest absolute Gasteiger partial charge is 0.263 e. The zero-order chi connectivity index (χ0) is 17.3. The Balaban J connectivity index is 1.53. The van der Waals surface area contributed by atoms with E-state index in [1.165, 1.54) is 0 Å². The minimum absolute atomic E-state index is 0.0977. The molecule has 2 fully saturated rings. The number of rotatable bonds is 4. The summed E-state index contributed by atoms with van der Waals surface area (Å²) in [7, 11) is 0. The fourth-order valence-corrected chi connectivity index (χ4v) is 3.26. The lowest BCUT2D eigenvalue weighted by Gasteiger charge is -2.36. The molecular formula is C17H20Cl2N2O3. The summed E-state index contributed by atoms with van der Waals surface area (Å²) >= 11 is 11.9. The van der Waals surface area contributed by atoms with Crippen LogP contribution in [-0.2, 0) is 9.59 Å². The highest BCUT2D eigenvalue weighted by Gasteiger charge is 2.35. The Morgan fingerprint density at radius 2 is 1.75 bits per heavy atom. The molecule has 0 radical (unpaired) electrons. The minimum atomic E-state index is -0.644. The van der Waals surface area contributed by atoms with Crippen LogP contribution in [0, 0.1) is 5.92 Å². The first-order chi connectivity index (χ1) is 11.5. The molecule has 5 nitrogen and oxygen atoms in total. The van der Waals surface area contributed by atoms with Gasteiger partial charge in [0.2, 0.25) is 5.91 Å². The lowest BCUT2D eigenvalue weighted by Crippen LogP contribution is -2.53. The first-order valence-corrected chi connectivity index (χ1v) is 8.90. The summed E-state index contributed by atoms with van der Waals surface area (Å²) in [5.41, 5.74) is 0. The molecule has 2 aliphatic rings. The molecule has 1 heterocycles. The fourth-order valence-electron chi connectivity index (χ4n) is 2.80. The van der Waals surface area contributed by atoms with E-state index in [2.05, 4.69) is 0 Å². The highest BCUT2D eigenvalue weighted by molar-refractivity contribution is 6.35. The Hall–Kier alpha value is -1.46. The molecule has 1 saturated carbocycles. The predicted molar refractivity (Wildman–Crippen MR) is 92.4 cm³/mol. The monoisotopic (exact) mass is 370 g/mol. The third kappa shape index (κ3) is 3.95. The van der Waals surface area contributed by atoms with Gasteiger partial charge in [-0.05, 0) is 38.0 Å². The maximum absolute atomic E-state index is 12.5. The van der Waals surface area contributed by atoms with E-state index in [9.17, 15) is 9.59 Å². The summed E-state index contributed by atoms with van der Waals surface area (Å²) < 4.78 is 5.68. The van der Waals surface area contributed by atoms with Crippen molar-refractivity contribution in [2.45, 2.75) is 25.9 Å². The summed E-state index contributed by atoms with van der Waals surface area (Å²) in [6, 6.07) is 4.90. The summed E-state index contributed by atoms with van der Waals surface area (Å²) in [4.78, 5) is 28.2. The van der Waals surface area contributed by atoms with Gasteiger partial charge in [-0.25, -0.2) is 0 Å². The van der Waals surface area contributed by atoms with Crippen LogP contribution in [0.5, 0.6) is 5.75 Å². The summed E-state index contributed by atoms with van der Waals surface area (Å²) in [5.74, 6) is 0.796. The number of amides is 2. The molecule has 1 atom stereocenters. The molecule has 0 unspecified atom stereocenters. The van der Waals surface area contributed by atoms with E-state index in [1.807, 2.05) is 4.90 Å². The highest BCUT2D eigenvalue weighted by atomic mass is 35.5. The van der Waals surface area contributed by atoms with Crippen LogP contribution in [0.25, 0.3) is 0 Å². The Labute approximate surface area is 151 Å². The molecule has 1 saturated heterocycles. The van der Waals surface area contributed by atoms with Crippen LogP contribution in [0.1, 0.15) is 19.8 Å². The van der Waals surface area contributed by atoms with E-state index in [0.29, 0.717) is 42.0 Å². The fraction of sp³-hybridized carbons (Fsp3) is 0.529. The predicted octanol–water partition coefficient (Wildman–Crippen LogP) is 2.84. The molecule has 130 valence electrons. The van der Waals surface area contributed by atoms with Crippen molar-refractivity contribution in [3.63, 3.8) is 0 Å². The van der Waals surface area contributed by atoms with E-state index in [4.69, 9.17) is 27.9 Å². The van der Waals surface area contributed by atoms with Gasteiger partial charge in [0.1, 0.15) is 5.75 Å². The van der Waals surface area contributed by atoms with Gasteiger partial charge in [0.15, 0.2) is 6.10 Å². The van der Waals surface area contributed by atoms with Gasteiger partial charge >= 0.3 is 0 Å². The number of carbonyl (C=O) groups is 2. The molecule has 1 aromatic carbocycles. The average molecular weight is 371 g/mol. The number of piperazine rings is 1. The molecule has 0 bridgehead atoms. The summed E-state index contributed by atoms with van der Waals surface area (Å²) in [6.45, 7) is 3.97. The number of benzene rings is 1. The number of carbonyl (C=O) groups excluding carboxylic acids is 2. The van der Waals surface area contributed by atoms with Crippen LogP contribution in [0.2, 0.25) is 10.0 Å². The van der Waals surface area contributed by atoms with Crippen LogP contribution in [0.3, 0.4) is 0 Å². The van der Waals surface area contributed by atoms with Crippen molar-refractivity contribution in [1.82, 2.24) is 9.80 Å². The normalized spacial score (nSPS) is 19.1. The van der Waals surface area contributed by atoms with Gasteiger partial charge < -0.3 is 14.5 Å². The molecule has 3 rings (SSSR count). The second kappa shape index (κ2) is 7.19. The van der Waals surface area contributed by atoms with Crippen LogP contribution < -0.4 is 4.74 Å². The highest BCUT2D eigenvalue weighted by Crippen LogP contribution is 2.31. The second-order valence-corrected chi connectivity index (χ2v) is 7.10. The van der Waals surface area contributed by atoms with Gasteiger partial charge in [-0.3, -0.25) is 9.59 Å². The van der Waals surface area contributed by atoms with E-state index in [1.54, 1.807) is 30.0 Å². The van der Waals surface area contributed by atoms with Crippen molar-refractivity contribution in [2.75, 3.05) is 26.2 Å². The number of nitrogens with zero attached hydrogens (tertiary/aromatic N) is 2. The zero-order valence-corrected chi connectivity index (χ0v) is 15.0. The number of halogens is 2. The van der Waals surface area contributed by atoms with Crippen LogP contribution in [0.15, 0.2) is 18.2 Å². The van der Waals surface area contributed by atoms with Gasteiger partial charge in [-0.15, -0.1) is 0 Å². The number of ether oxygens (including phenoxy) is 1. The first-order valence-electron chi connectivity index (χ1n) is 8.15. The van der Waals surface area contributed by atoms with Crippen LogP contribution in [0.4, 0.5) is 0 Å². The Kier molecular flexibility index (Phi) is 5.21. The third-order valence-corrected chi connectivity index (χ3v) is 4.91. The van der Waals surface area contributed by atoms with Crippen molar-refractivity contribution in [3.05, 3.63) is 28.2 Å². The molecule has 0 spiro atoms. The second-order valence-electron chi connectivity index (χ2n) is 6.26. The number of hydrogen-bond donors (Lipinski definition) is 0. The van der Waals surface area contributed by atoms with E-state index in [-0.39, 0.29) is 17.7 Å². The van der Waals surface area contributed by atoms with E-state index in [0.717, 1.165) is 12.8 Å². The maximum Gasteiger partial charge on any atom is 0.263 e. The number of hydrogen-bond acceptors (Lipinski definition) is 3. The van der Waals surface area contributed by atoms with Gasteiger partial charge in [0.25, 0.3) is 5.91 Å². The Morgan fingerprint density at radius 3 is 2.33 bits per heavy atom. The van der Waals surface area contributed by atoms with Crippen LogP contribution in [-0.4, -0.2) is 53.9 Å². The minimum Gasteiger partial charge on any atom is -0.479 e. The molecule has 1 aliphatic heterocycles. The van der Waals surface area contributed by atoms with Crippen molar-refractivity contribution >= 4 is 35.0 Å². The van der Waals surface area contributed by atoms with Crippen molar-refractivity contribution < 1.29 is 14.3 Å². The summed E-state index contributed by atoms with van der Waals surface area (Å²) in [5, 5.41) is 0.893. The molecular weight excluding hydrogens is 351 g/mol.